The molecule has 1 rings (SSSR count). The van der Waals surface area contributed by atoms with Gasteiger partial charge in [0.15, 0.2) is 0 Å². The number of halogens is 1. The van der Waals surface area contributed by atoms with E-state index in [2.05, 4.69) is 0 Å². The number of benzene rings is 1. The van der Waals surface area contributed by atoms with Crippen molar-refractivity contribution in [1.29, 1.82) is 0 Å². The van der Waals surface area contributed by atoms with Crippen LogP contribution < -0.4 is 4.72 Å². The second-order valence-electron chi connectivity index (χ2n) is 2.39. The topological polar surface area (TPSA) is 83.5 Å². The van der Waals surface area contributed by atoms with Crippen molar-refractivity contribution in [2.24, 2.45) is 0 Å². The third-order valence-electron chi connectivity index (χ3n) is 1.39. The number of carboxylic acids is 1. The number of carboxylic acid groups (broad SMARTS) is 1. The summed E-state index contributed by atoms with van der Waals surface area (Å²) in [6, 6.07) is 5.56. The van der Waals surface area contributed by atoms with E-state index in [1.54, 1.807) is 0 Å². The number of nitrogens with one attached hydrogen (secondary N) is 1. The summed E-state index contributed by atoms with van der Waals surface area (Å²) < 4.78 is 23.2. The van der Waals surface area contributed by atoms with Gasteiger partial charge in [0.25, 0.3) is 0 Å². The summed E-state index contributed by atoms with van der Waals surface area (Å²) in [7, 11) is 0.938. The van der Waals surface area contributed by atoms with Crippen LogP contribution in [0.15, 0.2) is 24.3 Å². The Morgan fingerprint density at radius 1 is 1.36 bits per heavy atom. The molecule has 0 bridgehead atoms. The maximum absolute atomic E-state index is 10.6. The Bertz CT molecular complexity index is 457. The van der Waals surface area contributed by atoms with Crippen molar-refractivity contribution in [3.63, 3.8) is 0 Å². The van der Waals surface area contributed by atoms with Gasteiger partial charge in [0, 0.05) is 10.7 Å². The van der Waals surface area contributed by atoms with Crippen LogP contribution in [-0.4, -0.2) is 19.5 Å². The van der Waals surface area contributed by atoms with Gasteiger partial charge in [0.1, 0.15) is 0 Å². The largest absolute Gasteiger partial charge is 0.478 e. The lowest BCUT2D eigenvalue weighted by molar-refractivity contribution is 0.0698. The third-order valence-corrected chi connectivity index (χ3v) is 2.08. The van der Waals surface area contributed by atoms with Gasteiger partial charge in [-0.05, 0) is 12.1 Å². The summed E-state index contributed by atoms with van der Waals surface area (Å²) in [5.41, 5.74) is -0.216. The minimum absolute atomic E-state index is 0.0602. The van der Waals surface area contributed by atoms with Crippen LogP contribution in [0.25, 0.3) is 0 Å². The molecule has 0 aromatic heterocycles. The van der Waals surface area contributed by atoms with E-state index in [9.17, 15) is 13.2 Å². The normalized spacial score (nSPS) is 10.9. The molecule has 0 spiro atoms. The van der Waals surface area contributed by atoms with E-state index in [0.717, 1.165) is 0 Å². The minimum atomic E-state index is -3.97. The van der Waals surface area contributed by atoms with E-state index >= 15 is 0 Å². The van der Waals surface area contributed by atoms with Gasteiger partial charge in [-0.2, -0.15) is 8.42 Å². The average molecular weight is 236 g/mol. The molecule has 0 amide bonds. The number of para-hydroxylation sites is 1. The molecule has 1 aromatic rings. The summed E-state index contributed by atoms with van der Waals surface area (Å²) >= 11 is 0. The highest BCUT2D eigenvalue weighted by molar-refractivity contribution is 8.14. The predicted molar refractivity (Wildman–Crippen MR) is 51.8 cm³/mol. The number of rotatable bonds is 3. The fraction of sp³-hybridized carbons (Fsp3) is 0. The van der Waals surface area contributed by atoms with Crippen molar-refractivity contribution in [1.82, 2.24) is 0 Å². The van der Waals surface area contributed by atoms with E-state index in [1.165, 1.54) is 24.3 Å². The fourth-order valence-corrected chi connectivity index (χ4v) is 1.58. The van der Waals surface area contributed by atoms with Crippen molar-refractivity contribution in [2.45, 2.75) is 0 Å². The maximum Gasteiger partial charge on any atom is 0.337 e. The highest BCUT2D eigenvalue weighted by atomic mass is 35.7. The van der Waals surface area contributed by atoms with Crippen LogP contribution in [0.2, 0.25) is 0 Å². The van der Waals surface area contributed by atoms with Crippen LogP contribution in [0.5, 0.6) is 0 Å². The van der Waals surface area contributed by atoms with Crippen molar-refractivity contribution in [2.75, 3.05) is 4.72 Å². The Labute approximate surface area is 84.9 Å². The highest BCUT2D eigenvalue weighted by Gasteiger charge is 2.12. The number of carbonyl (C=O) groups is 1. The molecule has 0 saturated carbocycles. The van der Waals surface area contributed by atoms with Gasteiger partial charge in [-0.1, -0.05) is 12.1 Å². The zero-order valence-corrected chi connectivity index (χ0v) is 8.34. The molecule has 2 N–H and O–H groups in total. The van der Waals surface area contributed by atoms with Crippen molar-refractivity contribution < 1.29 is 18.3 Å². The Morgan fingerprint density at radius 3 is 2.43 bits per heavy atom. The van der Waals surface area contributed by atoms with Crippen LogP contribution in [0, 0.1) is 0 Å². The maximum atomic E-state index is 10.6. The molecule has 0 aliphatic carbocycles. The molecular weight excluding hydrogens is 230 g/mol. The minimum Gasteiger partial charge on any atom is -0.478 e. The van der Waals surface area contributed by atoms with Crippen molar-refractivity contribution in [3.8, 4) is 0 Å². The molecule has 0 atom stereocenters. The monoisotopic (exact) mass is 235 g/mol. The molecule has 1 aromatic carbocycles. The standard InChI is InChI=1S/C7H6ClNO4S/c8-14(12,13)9-6-4-2-1-3-5(6)7(10)11/h1-4,9H,(H,10,11). The van der Waals surface area contributed by atoms with Gasteiger partial charge in [-0.3, -0.25) is 4.72 Å². The molecule has 76 valence electrons. The first kappa shape index (κ1) is 10.8. The van der Waals surface area contributed by atoms with Crippen LogP contribution in [0.1, 0.15) is 10.4 Å². The van der Waals surface area contributed by atoms with E-state index in [1.807, 2.05) is 4.72 Å². The summed E-state index contributed by atoms with van der Waals surface area (Å²) in [5, 5.41) is 8.68. The number of anilines is 1. The zero-order chi connectivity index (χ0) is 10.8. The Balaban J connectivity index is 3.15. The Kier molecular flexibility index (Phi) is 2.97. The second-order valence-corrected chi connectivity index (χ2v) is 4.69. The van der Waals surface area contributed by atoms with Gasteiger partial charge in [0.05, 0.1) is 11.3 Å². The lowest BCUT2D eigenvalue weighted by Crippen LogP contribution is -2.09. The number of aromatic carboxylic acids is 1. The molecule has 0 aliphatic heterocycles. The van der Waals surface area contributed by atoms with Crippen LogP contribution >= 0.6 is 10.7 Å². The average Bonchev–Trinajstić information content (AvgIpc) is 2.01. The molecule has 0 aliphatic rings. The first-order valence-electron chi connectivity index (χ1n) is 3.45. The van der Waals surface area contributed by atoms with Gasteiger partial charge in [0.2, 0.25) is 0 Å². The number of hydrogen-bond donors (Lipinski definition) is 2. The predicted octanol–water partition coefficient (Wildman–Crippen LogP) is 1.28. The fourth-order valence-electron chi connectivity index (χ4n) is 0.890. The second kappa shape index (κ2) is 3.85. The molecular formula is C7H6ClNO4S. The molecule has 14 heavy (non-hydrogen) atoms. The smallest absolute Gasteiger partial charge is 0.337 e. The zero-order valence-electron chi connectivity index (χ0n) is 6.77. The quantitative estimate of drug-likeness (QED) is 0.773. The van der Waals surface area contributed by atoms with E-state index in [-0.39, 0.29) is 11.3 Å². The molecule has 0 radical (unpaired) electrons. The summed E-state index contributed by atoms with van der Waals surface area (Å²) in [6.07, 6.45) is 0. The molecule has 0 heterocycles. The molecule has 0 fully saturated rings. The lowest BCUT2D eigenvalue weighted by Gasteiger charge is -2.04. The first-order valence-corrected chi connectivity index (χ1v) is 5.76. The Morgan fingerprint density at radius 2 is 1.93 bits per heavy atom. The SMILES string of the molecule is O=C(O)c1ccccc1NS(=O)(=O)Cl. The first-order chi connectivity index (χ1) is 6.40. The molecule has 0 saturated heterocycles. The Hall–Kier alpha value is -1.27. The summed E-state index contributed by atoms with van der Waals surface area (Å²) in [6.45, 7) is 0. The van der Waals surface area contributed by atoms with Crippen LogP contribution in [0.4, 0.5) is 5.69 Å². The van der Waals surface area contributed by atoms with E-state index in [0.29, 0.717) is 0 Å². The highest BCUT2D eigenvalue weighted by Crippen LogP contribution is 2.17. The third kappa shape index (κ3) is 2.90. The van der Waals surface area contributed by atoms with E-state index in [4.69, 9.17) is 15.8 Å². The molecule has 0 unspecified atom stereocenters. The van der Waals surface area contributed by atoms with Crippen LogP contribution in [0.3, 0.4) is 0 Å². The van der Waals surface area contributed by atoms with Crippen molar-refractivity contribution in [3.05, 3.63) is 29.8 Å². The van der Waals surface area contributed by atoms with Gasteiger partial charge in [-0.15, -0.1) is 0 Å². The van der Waals surface area contributed by atoms with Crippen LogP contribution in [-0.2, 0) is 9.24 Å². The summed E-state index contributed by atoms with van der Waals surface area (Å²) in [4.78, 5) is 10.6. The molecule has 7 heteroatoms. The summed E-state index contributed by atoms with van der Waals surface area (Å²) in [5.74, 6) is -1.23. The van der Waals surface area contributed by atoms with Gasteiger partial charge >= 0.3 is 15.2 Å². The van der Waals surface area contributed by atoms with Gasteiger partial charge in [-0.25, -0.2) is 4.79 Å². The lowest BCUT2D eigenvalue weighted by atomic mass is 10.2. The van der Waals surface area contributed by atoms with Gasteiger partial charge < -0.3 is 5.11 Å². The van der Waals surface area contributed by atoms with Crippen molar-refractivity contribution >= 4 is 31.6 Å². The molecule has 5 nitrogen and oxygen atoms in total. The van der Waals surface area contributed by atoms with E-state index < -0.39 is 15.2 Å². The number of hydrogen-bond acceptors (Lipinski definition) is 3.